The van der Waals surface area contributed by atoms with Crippen LogP contribution in [-0.2, 0) is 22.5 Å². The molecule has 0 unspecified atom stereocenters. The Morgan fingerprint density at radius 3 is 2.64 bits per heavy atom. The number of benzene rings is 1. The van der Waals surface area contributed by atoms with Gasteiger partial charge in [-0.1, -0.05) is 18.2 Å². The minimum Gasteiger partial charge on any atom is -0.481 e. The van der Waals surface area contributed by atoms with Crippen LogP contribution in [0.2, 0.25) is 0 Å². The first kappa shape index (κ1) is 17.0. The Balaban J connectivity index is 1.87. The van der Waals surface area contributed by atoms with E-state index in [0.29, 0.717) is 0 Å². The van der Waals surface area contributed by atoms with Gasteiger partial charge in [0.05, 0.1) is 18.1 Å². The van der Waals surface area contributed by atoms with E-state index in [4.69, 9.17) is 9.84 Å². The highest BCUT2D eigenvalue weighted by molar-refractivity contribution is 5.70. The highest BCUT2D eigenvalue weighted by Gasteiger charge is 2.38. The zero-order valence-electron chi connectivity index (χ0n) is 13.8. The lowest BCUT2D eigenvalue weighted by atomic mass is 9.79. The van der Waals surface area contributed by atoms with Gasteiger partial charge >= 0.3 is 5.97 Å². The molecule has 0 heterocycles. The predicted octanol–water partition coefficient (Wildman–Crippen LogP) is 3.06. The monoisotopic (exact) mass is 305 g/mol. The predicted molar refractivity (Wildman–Crippen MR) is 87.0 cm³/mol. The molecule has 1 fully saturated rings. The molecule has 1 aliphatic carbocycles. The summed E-state index contributed by atoms with van der Waals surface area (Å²) < 4.78 is 6.08. The van der Waals surface area contributed by atoms with Crippen molar-refractivity contribution in [2.45, 2.75) is 64.7 Å². The number of ether oxygens (including phenoxy) is 1. The SMILES string of the molecule is Cc1cc(CC(=O)O)ccc1CNCC1(OC(C)C)CCC1. The summed E-state index contributed by atoms with van der Waals surface area (Å²) in [5, 5.41) is 12.3. The second kappa shape index (κ2) is 7.25. The summed E-state index contributed by atoms with van der Waals surface area (Å²) in [4.78, 5) is 10.7. The van der Waals surface area contributed by atoms with Gasteiger partial charge in [0, 0.05) is 13.1 Å². The molecule has 0 amide bonds. The maximum absolute atomic E-state index is 10.7. The van der Waals surface area contributed by atoms with Crippen LogP contribution in [0.3, 0.4) is 0 Å². The molecule has 22 heavy (non-hydrogen) atoms. The van der Waals surface area contributed by atoms with Crippen LogP contribution < -0.4 is 5.32 Å². The molecule has 1 aliphatic rings. The number of aryl methyl sites for hydroxylation is 1. The van der Waals surface area contributed by atoms with E-state index in [2.05, 4.69) is 19.2 Å². The summed E-state index contributed by atoms with van der Waals surface area (Å²) in [5.41, 5.74) is 3.23. The fourth-order valence-electron chi connectivity index (χ4n) is 3.07. The van der Waals surface area contributed by atoms with Gasteiger partial charge in [0.25, 0.3) is 0 Å². The van der Waals surface area contributed by atoms with Crippen LogP contribution in [0.4, 0.5) is 0 Å². The van der Waals surface area contributed by atoms with Crippen LogP contribution in [0.25, 0.3) is 0 Å². The molecule has 4 nitrogen and oxygen atoms in total. The zero-order chi connectivity index (χ0) is 16.2. The molecule has 0 bridgehead atoms. The molecular weight excluding hydrogens is 278 g/mol. The summed E-state index contributed by atoms with van der Waals surface area (Å²) in [6.45, 7) is 7.88. The Labute approximate surface area is 132 Å². The molecule has 0 aliphatic heterocycles. The van der Waals surface area contributed by atoms with Crippen molar-refractivity contribution in [2.75, 3.05) is 6.54 Å². The van der Waals surface area contributed by atoms with Crippen molar-refractivity contribution >= 4 is 5.97 Å². The van der Waals surface area contributed by atoms with Crippen LogP contribution in [0.5, 0.6) is 0 Å². The molecule has 2 N–H and O–H groups in total. The quantitative estimate of drug-likeness (QED) is 0.775. The molecule has 0 spiro atoms. The molecule has 122 valence electrons. The second-order valence-corrected chi connectivity index (χ2v) is 6.64. The molecule has 0 saturated heterocycles. The van der Waals surface area contributed by atoms with Gasteiger partial charge in [0.15, 0.2) is 0 Å². The first-order valence-electron chi connectivity index (χ1n) is 8.09. The Morgan fingerprint density at radius 1 is 1.41 bits per heavy atom. The van der Waals surface area contributed by atoms with Gasteiger partial charge < -0.3 is 15.2 Å². The zero-order valence-corrected chi connectivity index (χ0v) is 13.8. The van der Waals surface area contributed by atoms with E-state index < -0.39 is 5.97 Å². The number of rotatable bonds is 8. The van der Waals surface area contributed by atoms with Gasteiger partial charge in [-0.25, -0.2) is 0 Å². The first-order valence-corrected chi connectivity index (χ1v) is 8.09. The summed E-state index contributed by atoms with van der Waals surface area (Å²) >= 11 is 0. The van der Waals surface area contributed by atoms with Crippen molar-refractivity contribution < 1.29 is 14.6 Å². The topological polar surface area (TPSA) is 58.6 Å². The van der Waals surface area contributed by atoms with E-state index in [-0.39, 0.29) is 18.1 Å². The molecule has 4 heteroatoms. The van der Waals surface area contributed by atoms with Crippen molar-refractivity contribution in [1.82, 2.24) is 5.32 Å². The number of hydrogen-bond donors (Lipinski definition) is 2. The van der Waals surface area contributed by atoms with Gasteiger partial charge in [-0.3, -0.25) is 4.79 Å². The van der Waals surface area contributed by atoms with Crippen molar-refractivity contribution in [3.8, 4) is 0 Å². The standard InChI is InChI=1S/C18H27NO3/c1-13(2)22-18(7-4-8-18)12-19-11-16-6-5-15(9-14(16)3)10-17(20)21/h5-6,9,13,19H,4,7-8,10-12H2,1-3H3,(H,20,21). The Hall–Kier alpha value is -1.39. The normalized spacial score (nSPS) is 16.5. The summed E-state index contributed by atoms with van der Waals surface area (Å²) in [5.74, 6) is -0.789. The Morgan fingerprint density at radius 2 is 2.14 bits per heavy atom. The molecule has 1 aromatic carbocycles. The van der Waals surface area contributed by atoms with Gasteiger partial charge in [0.1, 0.15) is 0 Å². The molecule has 0 radical (unpaired) electrons. The lowest BCUT2D eigenvalue weighted by molar-refractivity contribution is -0.136. The van der Waals surface area contributed by atoms with E-state index in [1.165, 1.54) is 12.0 Å². The lowest BCUT2D eigenvalue weighted by Crippen LogP contribution is -2.49. The van der Waals surface area contributed by atoms with Crippen molar-refractivity contribution in [3.63, 3.8) is 0 Å². The molecule has 1 aromatic rings. The molecular formula is C18H27NO3. The number of carboxylic acid groups (broad SMARTS) is 1. The highest BCUT2D eigenvalue weighted by Crippen LogP contribution is 2.36. The number of aliphatic carboxylic acids is 1. The molecule has 1 saturated carbocycles. The smallest absolute Gasteiger partial charge is 0.307 e. The van der Waals surface area contributed by atoms with Crippen LogP contribution in [0.1, 0.15) is 49.8 Å². The fraction of sp³-hybridized carbons (Fsp3) is 0.611. The summed E-state index contributed by atoms with van der Waals surface area (Å²) in [6.07, 6.45) is 3.86. The number of carboxylic acids is 1. The van der Waals surface area contributed by atoms with Gasteiger partial charge in [0.2, 0.25) is 0 Å². The largest absolute Gasteiger partial charge is 0.481 e. The lowest BCUT2D eigenvalue weighted by Gasteiger charge is -2.43. The summed E-state index contributed by atoms with van der Waals surface area (Å²) in [6, 6.07) is 5.90. The Kier molecular flexibility index (Phi) is 5.59. The van der Waals surface area contributed by atoms with E-state index in [1.807, 2.05) is 25.1 Å². The van der Waals surface area contributed by atoms with E-state index in [0.717, 1.165) is 37.1 Å². The molecule has 2 rings (SSSR count). The third-order valence-corrected chi connectivity index (χ3v) is 4.28. The second-order valence-electron chi connectivity index (χ2n) is 6.64. The van der Waals surface area contributed by atoms with Gasteiger partial charge in [-0.05, 0) is 56.7 Å². The summed E-state index contributed by atoms with van der Waals surface area (Å²) in [7, 11) is 0. The third-order valence-electron chi connectivity index (χ3n) is 4.28. The number of hydrogen-bond acceptors (Lipinski definition) is 3. The van der Waals surface area contributed by atoms with E-state index in [9.17, 15) is 4.79 Å². The first-order chi connectivity index (χ1) is 10.4. The highest BCUT2D eigenvalue weighted by atomic mass is 16.5. The van der Waals surface area contributed by atoms with Crippen LogP contribution in [0, 0.1) is 6.92 Å². The van der Waals surface area contributed by atoms with Crippen LogP contribution in [-0.4, -0.2) is 29.3 Å². The van der Waals surface area contributed by atoms with Crippen molar-refractivity contribution in [1.29, 1.82) is 0 Å². The maximum Gasteiger partial charge on any atom is 0.307 e. The minimum absolute atomic E-state index is 0.0192. The molecule has 0 aromatic heterocycles. The van der Waals surface area contributed by atoms with E-state index in [1.54, 1.807) is 0 Å². The maximum atomic E-state index is 10.7. The van der Waals surface area contributed by atoms with Crippen molar-refractivity contribution in [3.05, 3.63) is 34.9 Å². The Bertz CT molecular complexity index is 521. The third kappa shape index (κ3) is 4.55. The van der Waals surface area contributed by atoms with Crippen LogP contribution in [0.15, 0.2) is 18.2 Å². The van der Waals surface area contributed by atoms with Crippen LogP contribution >= 0.6 is 0 Å². The minimum atomic E-state index is -0.789. The number of nitrogens with one attached hydrogen (secondary N) is 1. The van der Waals surface area contributed by atoms with E-state index >= 15 is 0 Å². The van der Waals surface area contributed by atoms with Gasteiger partial charge in [-0.2, -0.15) is 0 Å². The average Bonchev–Trinajstić information content (AvgIpc) is 2.37. The average molecular weight is 305 g/mol. The van der Waals surface area contributed by atoms with Gasteiger partial charge in [-0.15, -0.1) is 0 Å². The fourth-order valence-corrected chi connectivity index (χ4v) is 3.07. The van der Waals surface area contributed by atoms with Crippen molar-refractivity contribution in [2.24, 2.45) is 0 Å². The molecule has 0 atom stereocenters. The number of carbonyl (C=O) groups is 1.